The molecule has 0 fully saturated rings. The summed E-state index contributed by atoms with van der Waals surface area (Å²) in [4.78, 5) is 33.3. The maximum Gasteiger partial charge on any atom is 0.472 e. The predicted octanol–water partition coefficient (Wildman–Crippen LogP) is 4.39. The number of allylic oxidation sites excluding steroid dienone is 5. The van der Waals surface area contributed by atoms with Crippen LogP contribution in [0.15, 0.2) is 48.6 Å². The number of nitrogens with zero attached hydrogens (tertiary/aromatic N) is 1. The lowest BCUT2D eigenvalue weighted by Gasteiger charge is -2.24. The van der Waals surface area contributed by atoms with Gasteiger partial charge in [-0.2, -0.15) is 0 Å². The van der Waals surface area contributed by atoms with Crippen molar-refractivity contribution in [1.29, 1.82) is 0 Å². The van der Waals surface area contributed by atoms with Gasteiger partial charge in [-0.05, 0) is 32.1 Å². The number of hydrogen-bond donors (Lipinski definition) is 3. The maximum atomic E-state index is 12.1. The second kappa shape index (κ2) is 23.4. The fourth-order valence-corrected chi connectivity index (χ4v) is 4.00. The summed E-state index contributed by atoms with van der Waals surface area (Å²) in [5, 5.41) is 20.0. The number of aliphatic hydroxyl groups is 2. The van der Waals surface area contributed by atoms with Crippen LogP contribution in [0.4, 0.5) is 0 Å². The maximum absolute atomic E-state index is 12.1. The summed E-state index contributed by atoms with van der Waals surface area (Å²) >= 11 is 0. The summed E-state index contributed by atoms with van der Waals surface area (Å²) in [6.45, 7) is 2.93. The average Bonchev–Trinajstić information content (AvgIpc) is 2.88. The minimum atomic E-state index is -4.38. The summed E-state index contributed by atoms with van der Waals surface area (Å²) in [5.41, 5.74) is 0. The Balaban J connectivity index is 4.31. The molecule has 3 N–H and O–H groups in total. The van der Waals surface area contributed by atoms with E-state index in [1.807, 2.05) is 27.2 Å². The minimum Gasteiger partial charge on any atom is -0.462 e. The lowest BCUT2D eigenvalue weighted by molar-refractivity contribution is -0.870. The summed E-state index contributed by atoms with van der Waals surface area (Å²) in [5.74, 6) is -1.24. The molecule has 0 aromatic heterocycles. The van der Waals surface area contributed by atoms with Crippen LogP contribution in [0.5, 0.6) is 0 Å². The fourth-order valence-electron chi connectivity index (χ4n) is 3.26. The van der Waals surface area contributed by atoms with E-state index in [9.17, 15) is 29.3 Å². The van der Waals surface area contributed by atoms with Gasteiger partial charge < -0.3 is 29.1 Å². The molecule has 42 heavy (non-hydrogen) atoms. The van der Waals surface area contributed by atoms with Crippen molar-refractivity contribution in [2.45, 2.75) is 83.5 Å². The van der Waals surface area contributed by atoms with Crippen LogP contribution in [-0.2, 0) is 32.7 Å². The summed E-state index contributed by atoms with van der Waals surface area (Å²) < 4.78 is 32.5. The van der Waals surface area contributed by atoms with Gasteiger partial charge in [0, 0.05) is 13.3 Å². The quantitative estimate of drug-likeness (QED) is 0.0355. The third-order valence-electron chi connectivity index (χ3n) is 5.60. The van der Waals surface area contributed by atoms with Gasteiger partial charge in [0.25, 0.3) is 0 Å². The number of carbonyl (C=O) groups excluding carboxylic acids is 2. The van der Waals surface area contributed by atoms with Gasteiger partial charge in [0.05, 0.1) is 40.0 Å². The van der Waals surface area contributed by atoms with E-state index in [2.05, 4.69) is 13.0 Å². The second-order valence-electron chi connectivity index (χ2n) is 10.9. The first-order chi connectivity index (χ1) is 19.7. The standard InChI is InChI=1S/C30H52NO10P/c1-6-7-8-9-10-13-17-27(33)18-14-11-12-15-19-28(34)20-16-21-30(35)38-24-29(41-26(2)32)25-40-42(36,37)39-23-22-31(3,4)5/h10-15,18-19,27-29,33-34H,6-9,16-17,20-25H2,1-5H3/p+1/b12-11+,13-10-,18-14+,19-15-/t27-,28-,29-/m1/s1. The molecule has 12 heteroatoms. The Labute approximate surface area is 251 Å². The van der Waals surface area contributed by atoms with Crippen LogP contribution < -0.4 is 0 Å². The van der Waals surface area contributed by atoms with Gasteiger partial charge in [-0.1, -0.05) is 68.4 Å². The van der Waals surface area contributed by atoms with Crippen molar-refractivity contribution in [3.63, 3.8) is 0 Å². The highest BCUT2D eigenvalue weighted by Crippen LogP contribution is 2.43. The smallest absolute Gasteiger partial charge is 0.462 e. The first-order valence-corrected chi connectivity index (χ1v) is 16.0. The van der Waals surface area contributed by atoms with E-state index >= 15 is 0 Å². The molecule has 1 unspecified atom stereocenters. The Morgan fingerprint density at radius 2 is 1.57 bits per heavy atom. The van der Waals surface area contributed by atoms with Crippen LogP contribution >= 0.6 is 7.82 Å². The van der Waals surface area contributed by atoms with Crippen LogP contribution in [0, 0.1) is 0 Å². The monoisotopic (exact) mass is 618 g/mol. The predicted molar refractivity (Wildman–Crippen MR) is 162 cm³/mol. The molecule has 0 bridgehead atoms. The molecule has 0 spiro atoms. The van der Waals surface area contributed by atoms with E-state index in [4.69, 9.17) is 18.5 Å². The number of hydrogen-bond acceptors (Lipinski definition) is 9. The van der Waals surface area contributed by atoms with Crippen molar-refractivity contribution in [3.05, 3.63) is 48.6 Å². The lowest BCUT2D eigenvalue weighted by atomic mass is 10.1. The summed E-state index contributed by atoms with van der Waals surface area (Å²) in [6, 6.07) is 0. The zero-order valence-electron chi connectivity index (χ0n) is 25.9. The zero-order chi connectivity index (χ0) is 31.9. The van der Waals surface area contributed by atoms with Gasteiger partial charge in [0.15, 0.2) is 6.10 Å². The molecule has 0 aromatic rings. The van der Waals surface area contributed by atoms with Crippen molar-refractivity contribution < 1.29 is 52.3 Å². The number of likely N-dealkylation sites (N-methyl/N-ethyl adjacent to an activating group) is 1. The van der Waals surface area contributed by atoms with Gasteiger partial charge in [-0.25, -0.2) is 4.57 Å². The molecule has 0 rings (SSSR count). The molecule has 0 saturated carbocycles. The van der Waals surface area contributed by atoms with Crippen molar-refractivity contribution in [2.75, 3.05) is 47.5 Å². The number of unbranched alkanes of at least 4 members (excludes halogenated alkanes) is 3. The molecule has 0 radical (unpaired) electrons. The van der Waals surface area contributed by atoms with Gasteiger partial charge in [0.2, 0.25) is 0 Å². The van der Waals surface area contributed by atoms with Gasteiger partial charge in [0.1, 0.15) is 19.8 Å². The van der Waals surface area contributed by atoms with E-state index in [0.29, 0.717) is 30.3 Å². The topological polar surface area (TPSA) is 149 Å². The highest BCUT2D eigenvalue weighted by molar-refractivity contribution is 7.47. The molecule has 4 atom stereocenters. The molecule has 0 saturated heterocycles. The van der Waals surface area contributed by atoms with Crippen molar-refractivity contribution >= 4 is 19.8 Å². The van der Waals surface area contributed by atoms with Gasteiger partial charge in [-0.15, -0.1) is 0 Å². The van der Waals surface area contributed by atoms with E-state index in [1.54, 1.807) is 36.5 Å². The normalized spacial score (nSPS) is 16.3. The molecule has 0 aliphatic rings. The molecule has 0 amide bonds. The highest BCUT2D eigenvalue weighted by Gasteiger charge is 2.26. The van der Waals surface area contributed by atoms with Crippen LogP contribution in [0.2, 0.25) is 0 Å². The number of phosphoric ester groups is 1. The van der Waals surface area contributed by atoms with E-state index < -0.39 is 44.7 Å². The second-order valence-corrected chi connectivity index (χ2v) is 12.4. The number of quaternary nitrogens is 1. The third-order valence-corrected chi connectivity index (χ3v) is 6.59. The SMILES string of the molecule is CCCCC/C=C\C[C@@H](O)/C=C/C=C/C=C\[C@@H](O)CCCC(=O)OC[C@H](COP(=O)(O)OCC[N+](C)(C)C)OC(C)=O. The summed E-state index contributed by atoms with van der Waals surface area (Å²) in [7, 11) is 1.32. The fraction of sp³-hybridized carbons (Fsp3) is 0.667. The first kappa shape index (κ1) is 39.9. The van der Waals surface area contributed by atoms with E-state index in [1.165, 1.54) is 19.3 Å². The van der Waals surface area contributed by atoms with Gasteiger partial charge in [-0.3, -0.25) is 18.6 Å². The third kappa shape index (κ3) is 26.8. The van der Waals surface area contributed by atoms with E-state index in [0.717, 1.165) is 13.3 Å². The Kier molecular flexibility index (Phi) is 22.2. The molecule has 0 aliphatic carbocycles. The molecule has 242 valence electrons. The molecule has 0 aromatic carbocycles. The van der Waals surface area contributed by atoms with Crippen molar-refractivity contribution in [3.8, 4) is 0 Å². The van der Waals surface area contributed by atoms with Crippen LogP contribution in [-0.4, -0.2) is 97.3 Å². The summed E-state index contributed by atoms with van der Waals surface area (Å²) in [6.07, 6.45) is 17.8. The largest absolute Gasteiger partial charge is 0.472 e. The van der Waals surface area contributed by atoms with Crippen LogP contribution in [0.1, 0.15) is 65.2 Å². The van der Waals surface area contributed by atoms with Gasteiger partial charge >= 0.3 is 19.8 Å². The highest BCUT2D eigenvalue weighted by atomic mass is 31.2. The number of aliphatic hydroxyl groups excluding tert-OH is 2. The van der Waals surface area contributed by atoms with Crippen LogP contribution in [0.3, 0.4) is 0 Å². The Bertz CT molecular complexity index is 910. The zero-order valence-corrected chi connectivity index (χ0v) is 26.8. The Hall–Kier alpha value is -2.11. The first-order valence-electron chi connectivity index (χ1n) is 14.5. The van der Waals surface area contributed by atoms with E-state index in [-0.39, 0.29) is 19.6 Å². The van der Waals surface area contributed by atoms with Crippen molar-refractivity contribution in [1.82, 2.24) is 0 Å². The Morgan fingerprint density at radius 1 is 0.905 bits per heavy atom. The number of rotatable bonds is 24. The molecule has 0 heterocycles. The number of phosphoric acid groups is 1. The van der Waals surface area contributed by atoms with Crippen LogP contribution in [0.25, 0.3) is 0 Å². The Morgan fingerprint density at radius 3 is 2.19 bits per heavy atom. The molecular weight excluding hydrogens is 565 g/mol. The molecular formula is C30H53NO10P+. The van der Waals surface area contributed by atoms with Crippen molar-refractivity contribution in [2.24, 2.45) is 0 Å². The lowest BCUT2D eigenvalue weighted by Crippen LogP contribution is -2.37. The molecule has 0 aliphatic heterocycles. The molecule has 11 nitrogen and oxygen atoms in total. The number of carbonyl (C=O) groups is 2. The average molecular weight is 619 g/mol. The number of esters is 2. The number of ether oxygens (including phenoxy) is 2. The minimum absolute atomic E-state index is 0.0135.